The molecule has 0 aliphatic carbocycles. The highest BCUT2D eigenvalue weighted by atomic mass is 32.2. The van der Waals surface area contributed by atoms with Crippen molar-refractivity contribution < 1.29 is 17.9 Å². The van der Waals surface area contributed by atoms with Crippen LogP contribution in [-0.4, -0.2) is 48.3 Å². The predicted molar refractivity (Wildman–Crippen MR) is 114 cm³/mol. The summed E-state index contributed by atoms with van der Waals surface area (Å²) in [4.78, 5) is 21.6. The molecule has 1 unspecified atom stereocenters. The molecule has 1 aliphatic heterocycles. The molecule has 4 rings (SSSR count). The summed E-state index contributed by atoms with van der Waals surface area (Å²) in [6, 6.07) is 10.9. The predicted octanol–water partition coefficient (Wildman–Crippen LogP) is 3.01. The van der Waals surface area contributed by atoms with Crippen LogP contribution in [0, 0.1) is 0 Å². The Labute approximate surface area is 178 Å². The number of aromatic nitrogens is 2. The van der Waals surface area contributed by atoms with Gasteiger partial charge in [0.05, 0.1) is 17.7 Å². The van der Waals surface area contributed by atoms with Crippen LogP contribution < -0.4 is 10.1 Å². The molecule has 1 saturated heterocycles. The number of benzene rings is 1. The first-order valence-electron chi connectivity index (χ1n) is 9.33. The lowest BCUT2D eigenvalue weighted by Crippen LogP contribution is -2.43. The lowest BCUT2D eigenvalue weighted by molar-refractivity contribution is -0.119. The van der Waals surface area contributed by atoms with Crippen molar-refractivity contribution >= 4 is 32.4 Å². The lowest BCUT2D eigenvalue weighted by atomic mass is 10.2. The smallest absolute Gasteiger partial charge is 0.244 e. The van der Waals surface area contributed by atoms with Crippen molar-refractivity contribution in [3.63, 3.8) is 0 Å². The van der Waals surface area contributed by atoms with Crippen molar-refractivity contribution in [2.75, 3.05) is 19.0 Å². The highest BCUT2D eigenvalue weighted by Crippen LogP contribution is 2.29. The van der Waals surface area contributed by atoms with Crippen LogP contribution in [0.5, 0.6) is 5.75 Å². The Balaban J connectivity index is 1.50. The Kier molecular flexibility index (Phi) is 5.80. The topological polar surface area (TPSA) is 101 Å². The Morgan fingerprint density at radius 1 is 1.20 bits per heavy atom. The molecule has 1 amide bonds. The second-order valence-corrected chi connectivity index (χ2v) is 9.44. The summed E-state index contributed by atoms with van der Waals surface area (Å²) in [7, 11) is -2.28. The maximum Gasteiger partial charge on any atom is 0.244 e. The average Bonchev–Trinajstić information content (AvgIpc) is 3.45. The van der Waals surface area contributed by atoms with E-state index < -0.39 is 16.1 Å². The van der Waals surface area contributed by atoms with E-state index in [9.17, 15) is 13.2 Å². The minimum atomic E-state index is -3.80. The summed E-state index contributed by atoms with van der Waals surface area (Å²) in [5.41, 5.74) is 1.36. The maximum atomic E-state index is 13.1. The van der Waals surface area contributed by atoms with Gasteiger partial charge in [0.25, 0.3) is 0 Å². The van der Waals surface area contributed by atoms with Gasteiger partial charge in [0, 0.05) is 18.1 Å². The van der Waals surface area contributed by atoms with Gasteiger partial charge in [-0.25, -0.2) is 13.4 Å². The first-order valence-corrected chi connectivity index (χ1v) is 11.6. The number of thiazole rings is 1. The molecule has 3 aromatic rings. The SMILES string of the molecule is COc1ccc(S(=O)(=O)N2CCCC2C(=O)Nc2nc(-c3ccccn3)cs2)cc1. The van der Waals surface area contributed by atoms with Gasteiger partial charge >= 0.3 is 0 Å². The molecule has 10 heteroatoms. The number of carbonyl (C=O) groups excluding carboxylic acids is 1. The summed E-state index contributed by atoms with van der Waals surface area (Å²) in [6.45, 7) is 0.295. The Morgan fingerprint density at radius 3 is 2.70 bits per heavy atom. The van der Waals surface area contributed by atoms with E-state index in [0.717, 1.165) is 0 Å². The van der Waals surface area contributed by atoms with E-state index in [1.807, 2.05) is 18.2 Å². The summed E-state index contributed by atoms with van der Waals surface area (Å²) in [5, 5.41) is 4.98. The molecular formula is C20H20N4O4S2. The lowest BCUT2D eigenvalue weighted by Gasteiger charge is -2.23. The Bertz CT molecular complexity index is 1130. The number of nitrogens with one attached hydrogen (secondary N) is 1. The molecule has 0 saturated carbocycles. The van der Waals surface area contributed by atoms with E-state index in [4.69, 9.17) is 4.74 Å². The van der Waals surface area contributed by atoms with Crippen LogP contribution in [0.2, 0.25) is 0 Å². The normalized spacial score (nSPS) is 17.0. The van der Waals surface area contributed by atoms with E-state index in [1.165, 1.54) is 34.9 Å². The van der Waals surface area contributed by atoms with E-state index in [1.54, 1.807) is 23.7 Å². The fourth-order valence-electron chi connectivity index (χ4n) is 3.32. The van der Waals surface area contributed by atoms with E-state index in [-0.39, 0.29) is 10.8 Å². The molecule has 1 aliphatic rings. The average molecular weight is 445 g/mol. The number of pyridine rings is 1. The zero-order valence-electron chi connectivity index (χ0n) is 16.2. The van der Waals surface area contributed by atoms with Gasteiger partial charge in [-0.1, -0.05) is 6.07 Å². The monoisotopic (exact) mass is 444 g/mol. The van der Waals surface area contributed by atoms with Crippen LogP contribution in [0.4, 0.5) is 5.13 Å². The minimum absolute atomic E-state index is 0.134. The second-order valence-electron chi connectivity index (χ2n) is 6.69. The molecule has 3 heterocycles. The standard InChI is InChI=1S/C20H20N4O4S2/c1-28-14-7-9-15(10-8-14)30(26,27)24-12-4-6-18(24)19(25)23-20-22-17(13-29-20)16-5-2-3-11-21-16/h2-3,5,7-11,13,18H,4,6,12H2,1H3,(H,22,23,25). The third-order valence-corrected chi connectivity index (χ3v) is 7.51. The van der Waals surface area contributed by atoms with E-state index >= 15 is 0 Å². The number of hydrogen-bond acceptors (Lipinski definition) is 7. The van der Waals surface area contributed by atoms with Gasteiger partial charge in [0.15, 0.2) is 5.13 Å². The van der Waals surface area contributed by atoms with E-state index in [2.05, 4.69) is 15.3 Å². The summed E-state index contributed by atoms with van der Waals surface area (Å²) >= 11 is 1.28. The highest BCUT2D eigenvalue weighted by molar-refractivity contribution is 7.89. The molecule has 0 bridgehead atoms. The van der Waals surface area contributed by atoms with Gasteiger partial charge < -0.3 is 10.1 Å². The molecule has 156 valence electrons. The fourth-order valence-corrected chi connectivity index (χ4v) is 5.69. The number of amides is 1. The number of sulfonamides is 1. The molecule has 1 aromatic carbocycles. The summed E-state index contributed by atoms with van der Waals surface area (Å²) < 4.78 is 32.5. The molecule has 2 aromatic heterocycles. The Hall–Kier alpha value is -2.82. The molecule has 0 spiro atoms. The number of carbonyl (C=O) groups is 1. The molecule has 30 heavy (non-hydrogen) atoms. The minimum Gasteiger partial charge on any atom is -0.497 e. The molecule has 1 fully saturated rings. The third-order valence-electron chi connectivity index (χ3n) is 4.83. The van der Waals surface area contributed by atoms with Crippen molar-refractivity contribution in [1.82, 2.24) is 14.3 Å². The number of nitrogens with zero attached hydrogens (tertiary/aromatic N) is 3. The van der Waals surface area contributed by atoms with Crippen molar-refractivity contribution in [2.45, 2.75) is 23.8 Å². The first kappa shape index (κ1) is 20.5. The highest BCUT2D eigenvalue weighted by Gasteiger charge is 2.39. The second kappa shape index (κ2) is 8.50. The first-order chi connectivity index (χ1) is 14.5. The van der Waals surface area contributed by atoms with Crippen LogP contribution in [0.1, 0.15) is 12.8 Å². The number of ether oxygens (including phenoxy) is 1. The van der Waals surface area contributed by atoms with Crippen molar-refractivity contribution in [3.8, 4) is 17.1 Å². The summed E-state index contributed by atoms with van der Waals surface area (Å²) in [6.07, 6.45) is 2.75. The van der Waals surface area contributed by atoms with Gasteiger partial charge in [-0.05, 0) is 49.2 Å². The molecule has 1 atom stereocenters. The van der Waals surface area contributed by atoms with Crippen molar-refractivity contribution in [3.05, 3.63) is 54.0 Å². The maximum absolute atomic E-state index is 13.1. The van der Waals surface area contributed by atoms with Crippen LogP contribution >= 0.6 is 11.3 Å². The zero-order chi connectivity index (χ0) is 21.1. The molecule has 1 N–H and O–H groups in total. The summed E-state index contributed by atoms with van der Waals surface area (Å²) in [5.74, 6) is 0.184. The van der Waals surface area contributed by atoms with Gasteiger partial charge in [-0.15, -0.1) is 11.3 Å². The quantitative estimate of drug-likeness (QED) is 0.627. The van der Waals surface area contributed by atoms with Gasteiger partial charge in [-0.2, -0.15) is 4.31 Å². The number of methoxy groups -OCH3 is 1. The molecule has 8 nitrogen and oxygen atoms in total. The van der Waals surface area contributed by atoms with Crippen LogP contribution in [0.25, 0.3) is 11.4 Å². The van der Waals surface area contributed by atoms with Crippen LogP contribution in [-0.2, 0) is 14.8 Å². The number of hydrogen-bond donors (Lipinski definition) is 1. The van der Waals surface area contributed by atoms with Gasteiger partial charge in [0.1, 0.15) is 17.5 Å². The third kappa shape index (κ3) is 4.07. The van der Waals surface area contributed by atoms with Crippen LogP contribution in [0.3, 0.4) is 0 Å². The van der Waals surface area contributed by atoms with Crippen molar-refractivity contribution in [1.29, 1.82) is 0 Å². The van der Waals surface area contributed by atoms with Gasteiger partial charge in [0.2, 0.25) is 15.9 Å². The van der Waals surface area contributed by atoms with Gasteiger partial charge in [-0.3, -0.25) is 9.78 Å². The number of rotatable bonds is 6. The molecular weight excluding hydrogens is 424 g/mol. The Morgan fingerprint density at radius 2 is 2.00 bits per heavy atom. The van der Waals surface area contributed by atoms with Crippen molar-refractivity contribution in [2.24, 2.45) is 0 Å². The van der Waals surface area contributed by atoms with E-state index in [0.29, 0.717) is 41.7 Å². The zero-order valence-corrected chi connectivity index (χ0v) is 17.8. The van der Waals surface area contributed by atoms with Crippen LogP contribution in [0.15, 0.2) is 58.9 Å². The largest absolute Gasteiger partial charge is 0.497 e. The molecule has 0 radical (unpaired) electrons. The number of anilines is 1. The fraction of sp³-hybridized carbons (Fsp3) is 0.250.